The molecule has 78 valence electrons. The molecule has 0 bridgehead atoms. The Morgan fingerprint density at radius 2 is 1.93 bits per heavy atom. The van der Waals surface area contributed by atoms with Crippen LogP contribution in [0.15, 0.2) is 16.6 Å². The molecule has 0 aromatic heterocycles. The predicted octanol–water partition coefficient (Wildman–Crippen LogP) is 2.99. The number of halogens is 1. The number of aliphatic hydroxyl groups is 1. The molecule has 0 aliphatic rings. The highest BCUT2D eigenvalue weighted by Crippen LogP contribution is 2.37. The van der Waals surface area contributed by atoms with Crippen LogP contribution in [0.1, 0.15) is 25.0 Å². The lowest BCUT2D eigenvalue weighted by atomic mass is 9.97. The molecule has 0 unspecified atom stereocenters. The van der Waals surface area contributed by atoms with E-state index in [0.717, 1.165) is 21.3 Å². The van der Waals surface area contributed by atoms with E-state index in [1.54, 1.807) is 21.0 Å². The first-order valence-corrected chi connectivity index (χ1v) is 5.23. The zero-order chi connectivity index (χ0) is 10.9. The van der Waals surface area contributed by atoms with E-state index in [-0.39, 0.29) is 0 Å². The van der Waals surface area contributed by atoms with Gasteiger partial charge in [-0.3, -0.25) is 0 Å². The van der Waals surface area contributed by atoms with Gasteiger partial charge in [-0.15, -0.1) is 0 Å². The SMILES string of the molecule is COc1c(C)ccc(C(C)(C)O)c1Br. The maximum atomic E-state index is 9.90. The van der Waals surface area contributed by atoms with Crippen molar-refractivity contribution in [3.8, 4) is 5.75 Å². The molecule has 0 atom stereocenters. The van der Waals surface area contributed by atoms with Crippen molar-refractivity contribution in [2.75, 3.05) is 7.11 Å². The summed E-state index contributed by atoms with van der Waals surface area (Å²) in [5, 5.41) is 9.90. The summed E-state index contributed by atoms with van der Waals surface area (Å²) in [4.78, 5) is 0. The third-order valence-corrected chi connectivity index (χ3v) is 2.94. The van der Waals surface area contributed by atoms with Crippen LogP contribution in [-0.2, 0) is 5.60 Å². The van der Waals surface area contributed by atoms with Crippen molar-refractivity contribution in [2.45, 2.75) is 26.4 Å². The van der Waals surface area contributed by atoms with Crippen molar-refractivity contribution in [1.29, 1.82) is 0 Å². The molecule has 3 heteroatoms. The predicted molar refractivity (Wildman–Crippen MR) is 60.7 cm³/mol. The topological polar surface area (TPSA) is 29.5 Å². The Kier molecular flexibility index (Phi) is 3.22. The van der Waals surface area contributed by atoms with Crippen molar-refractivity contribution in [1.82, 2.24) is 0 Å². The summed E-state index contributed by atoms with van der Waals surface area (Å²) in [6, 6.07) is 3.85. The van der Waals surface area contributed by atoms with E-state index in [4.69, 9.17) is 4.74 Å². The van der Waals surface area contributed by atoms with Crippen molar-refractivity contribution < 1.29 is 9.84 Å². The highest BCUT2D eigenvalue weighted by Gasteiger charge is 2.21. The van der Waals surface area contributed by atoms with E-state index >= 15 is 0 Å². The summed E-state index contributed by atoms with van der Waals surface area (Å²) >= 11 is 3.44. The monoisotopic (exact) mass is 258 g/mol. The Balaban J connectivity index is 3.36. The molecule has 0 radical (unpaired) electrons. The molecule has 14 heavy (non-hydrogen) atoms. The van der Waals surface area contributed by atoms with Gasteiger partial charge in [0.05, 0.1) is 17.2 Å². The summed E-state index contributed by atoms with van der Waals surface area (Å²) in [5.41, 5.74) is 1.02. The molecule has 2 nitrogen and oxygen atoms in total. The zero-order valence-corrected chi connectivity index (χ0v) is 10.5. The molecular weight excluding hydrogens is 244 g/mol. The number of benzene rings is 1. The van der Waals surface area contributed by atoms with Crippen LogP contribution < -0.4 is 4.74 Å². The molecule has 1 aromatic rings. The van der Waals surface area contributed by atoms with Gasteiger partial charge >= 0.3 is 0 Å². The van der Waals surface area contributed by atoms with Gasteiger partial charge in [-0.1, -0.05) is 12.1 Å². The quantitative estimate of drug-likeness (QED) is 0.884. The van der Waals surface area contributed by atoms with Gasteiger partial charge in [0.25, 0.3) is 0 Å². The van der Waals surface area contributed by atoms with Crippen LogP contribution in [0.5, 0.6) is 5.75 Å². The molecule has 1 N–H and O–H groups in total. The summed E-state index contributed by atoms with van der Waals surface area (Å²) in [7, 11) is 1.63. The second kappa shape index (κ2) is 3.91. The molecule has 0 saturated carbocycles. The van der Waals surface area contributed by atoms with Crippen molar-refractivity contribution in [3.63, 3.8) is 0 Å². The van der Waals surface area contributed by atoms with Gasteiger partial charge < -0.3 is 9.84 Å². The van der Waals surface area contributed by atoms with Gasteiger partial charge in [0, 0.05) is 5.56 Å². The van der Waals surface area contributed by atoms with Crippen LogP contribution in [0.4, 0.5) is 0 Å². The van der Waals surface area contributed by atoms with Crippen LogP contribution >= 0.6 is 15.9 Å². The molecule has 0 amide bonds. The average Bonchev–Trinajstić information content (AvgIpc) is 2.02. The van der Waals surface area contributed by atoms with Crippen molar-refractivity contribution >= 4 is 15.9 Å². The largest absolute Gasteiger partial charge is 0.495 e. The first-order valence-electron chi connectivity index (χ1n) is 4.44. The Labute approximate surface area is 93.0 Å². The van der Waals surface area contributed by atoms with Crippen molar-refractivity contribution in [2.24, 2.45) is 0 Å². The smallest absolute Gasteiger partial charge is 0.136 e. The molecule has 1 rings (SSSR count). The first kappa shape index (κ1) is 11.5. The number of ether oxygens (including phenoxy) is 1. The minimum absolute atomic E-state index is 0.782. The third-order valence-electron chi connectivity index (χ3n) is 2.16. The molecular formula is C11H15BrO2. The standard InChI is InChI=1S/C11H15BrO2/c1-7-5-6-8(11(2,3)13)9(12)10(7)14-4/h5-6,13H,1-4H3. The summed E-state index contributed by atoms with van der Waals surface area (Å²) in [6.07, 6.45) is 0. The van der Waals surface area contributed by atoms with Crippen LogP contribution in [0.25, 0.3) is 0 Å². The fraction of sp³-hybridized carbons (Fsp3) is 0.455. The normalized spacial score (nSPS) is 11.6. The van der Waals surface area contributed by atoms with E-state index < -0.39 is 5.60 Å². The number of methoxy groups -OCH3 is 1. The molecule has 1 aromatic carbocycles. The van der Waals surface area contributed by atoms with E-state index in [2.05, 4.69) is 15.9 Å². The maximum Gasteiger partial charge on any atom is 0.136 e. The summed E-state index contributed by atoms with van der Waals surface area (Å²) < 4.78 is 6.08. The summed E-state index contributed by atoms with van der Waals surface area (Å²) in [5.74, 6) is 0.782. The lowest BCUT2D eigenvalue weighted by Gasteiger charge is -2.21. The van der Waals surface area contributed by atoms with Gasteiger partial charge in [0.1, 0.15) is 5.75 Å². The fourth-order valence-corrected chi connectivity index (χ4v) is 2.47. The lowest BCUT2D eigenvalue weighted by Crippen LogP contribution is -2.16. The Bertz CT molecular complexity index is 340. The van der Waals surface area contributed by atoms with Crippen LogP contribution in [0, 0.1) is 6.92 Å². The molecule has 0 spiro atoms. The van der Waals surface area contributed by atoms with Gasteiger partial charge in [-0.2, -0.15) is 0 Å². The Morgan fingerprint density at radius 1 is 1.36 bits per heavy atom. The average molecular weight is 259 g/mol. The molecule has 0 fully saturated rings. The Hall–Kier alpha value is -0.540. The minimum atomic E-state index is -0.861. The fourth-order valence-electron chi connectivity index (χ4n) is 1.38. The zero-order valence-electron chi connectivity index (χ0n) is 8.89. The maximum absolute atomic E-state index is 9.90. The molecule has 0 saturated heterocycles. The van der Waals surface area contributed by atoms with Crippen LogP contribution in [0.3, 0.4) is 0 Å². The van der Waals surface area contributed by atoms with E-state index in [0.29, 0.717) is 0 Å². The van der Waals surface area contributed by atoms with E-state index in [1.807, 2.05) is 19.1 Å². The number of hydrogen-bond acceptors (Lipinski definition) is 2. The number of hydrogen-bond donors (Lipinski definition) is 1. The highest BCUT2D eigenvalue weighted by molar-refractivity contribution is 9.10. The number of aryl methyl sites for hydroxylation is 1. The second-order valence-electron chi connectivity index (χ2n) is 3.84. The minimum Gasteiger partial charge on any atom is -0.495 e. The lowest BCUT2D eigenvalue weighted by molar-refractivity contribution is 0.0775. The van der Waals surface area contributed by atoms with Crippen LogP contribution in [0.2, 0.25) is 0 Å². The Morgan fingerprint density at radius 3 is 2.36 bits per heavy atom. The third kappa shape index (κ3) is 2.10. The molecule has 0 aliphatic heterocycles. The summed E-state index contributed by atoms with van der Waals surface area (Å²) in [6.45, 7) is 5.47. The van der Waals surface area contributed by atoms with Gasteiger partial charge in [-0.05, 0) is 42.3 Å². The van der Waals surface area contributed by atoms with Crippen LogP contribution in [-0.4, -0.2) is 12.2 Å². The van der Waals surface area contributed by atoms with Crippen molar-refractivity contribution in [3.05, 3.63) is 27.7 Å². The van der Waals surface area contributed by atoms with E-state index in [9.17, 15) is 5.11 Å². The van der Waals surface area contributed by atoms with Gasteiger partial charge in [0.2, 0.25) is 0 Å². The number of rotatable bonds is 2. The highest BCUT2D eigenvalue weighted by atomic mass is 79.9. The van der Waals surface area contributed by atoms with Gasteiger partial charge in [0.15, 0.2) is 0 Å². The van der Waals surface area contributed by atoms with Gasteiger partial charge in [-0.25, -0.2) is 0 Å². The molecule has 0 aliphatic carbocycles. The second-order valence-corrected chi connectivity index (χ2v) is 4.63. The van der Waals surface area contributed by atoms with E-state index in [1.165, 1.54) is 0 Å². The first-order chi connectivity index (χ1) is 6.38. The molecule has 0 heterocycles.